The van der Waals surface area contributed by atoms with Crippen LogP contribution in [0.3, 0.4) is 0 Å². The number of rotatable bonds is 3. The lowest BCUT2D eigenvalue weighted by Gasteiger charge is -2.12. The predicted molar refractivity (Wildman–Crippen MR) is 61.2 cm³/mol. The second-order valence-electron chi connectivity index (χ2n) is 3.13. The number of esters is 1. The van der Waals surface area contributed by atoms with E-state index in [1.165, 1.54) is 0 Å². The molecule has 0 amide bonds. The second-order valence-corrected chi connectivity index (χ2v) is 3.99. The highest BCUT2D eigenvalue weighted by molar-refractivity contribution is 9.10. The van der Waals surface area contributed by atoms with Crippen molar-refractivity contribution in [1.82, 2.24) is 0 Å². The van der Waals surface area contributed by atoms with Gasteiger partial charge < -0.3 is 15.2 Å². The summed E-state index contributed by atoms with van der Waals surface area (Å²) < 4.78 is 44.7. The minimum Gasteiger partial charge on any atom is -0.462 e. The zero-order chi connectivity index (χ0) is 13.9. The average Bonchev–Trinajstić information content (AvgIpc) is 2.21. The first kappa shape index (κ1) is 14.6. The molecule has 0 fully saturated rings. The number of benzene rings is 1. The fourth-order valence-electron chi connectivity index (χ4n) is 1.16. The van der Waals surface area contributed by atoms with Gasteiger partial charge in [-0.2, -0.15) is 0 Å². The van der Waals surface area contributed by atoms with Crippen LogP contribution in [0.2, 0.25) is 0 Å². The minimum atomic E-state index is -4.85. The van der Waals surface area contributed by atoms with E-state index >= 15 is 0 Å². The minimum absolute atomic E-state index is 0.0111. The van der Waals surface area contributed by atoms with Crippen molar-refractivity contribution < 1.29 is 27.4 Å². The summed E-state index contributed by atoms with van der Waals surface area (Å²) in [6.07, 6.45) is -4.85. The lowest BCUT2D eigenvalue weighted by atomic mass is 10.1. The Morgan fingerprint density at radius 2 is 2.06 bits per heavy atom. The molecule has 0 radical (unpaired) electrons. The van der Waals surface area contributed by atoms with Gasteiger partial charge in [0.1, 0.15) is 5.75 Å². The third-order valence-electron chi connectivity index (χ3n) is 1.83. The summed E-state index contributed by atoms with van der Waals surface area (Å²) >= 11 is 2.94. The Hall–Kier alpha value is -1.44. The number of alkyl halides is 3. The molecule has 0 spiro atoms. The Balaban J connectivity index is 3.14. The molecule has 4 nitrogen and oxygen atoms in total. The van der Waals surface area contributed by atoms with Gasteiger partial charge in [0.15, 0.2) is 0 Å². The van der Waals surface area contributed by atoms with Crippen molar-refractivity contribution in [1.29, 1.82) is 0 Å². The van der Waals surface area contributed by atoms with Gasteiger partial charge in [0.2, 0.25) is 0 Å². The van der Waals surface area contributed by atoms with Crippen LogP contribution in [0.5, 0.6) is 5.75 Å². The van der Waals surface area contributed by atoms with Crippen molar-refractivity contribution in [2.45, 2.75) is 13.3 Å². The van der Waals surface area contributed by atoms with Gasteiger partial charge in [0, 0.05) is 4.47 Å². The predicted octanol–water partition coefficient (Wildman–Crippen LogP) is 3.11. The zero-order valence-electron chi connectivity index (χ0n) is 9.18. The van der Waals surface area contributed by atoms with Crippen molar-refractivity contribution in [3.63, 3.8) is 0 Å². The van der Waals surface area contributed by atoms with Gasteiger partial charge in [-0.15, -0.1) is 13.2 Å². The number of nitrogens with two attached hydrogens (primary N) is 1. The molecule has 0 saturated carbocycles. The molecule has 0 atom stereocenters. The molecule has 0 unspecified atom stereocenters. The van der Waals surface area contributed by atoms with Crippen molar-refractivity contribution >= 4 is 27.6 Å². The number of halogens is 4. The highest BCUT2D eigenvalue weighted by Gasteiger charge is 2.32. The number of nitrogen functional groups attached to an aromatic ring is 1. The van der Waals surface area contributed by atoms with Crippen LogP contribution in [0.15, 0.2) is 16.6 Å². The molecule has 0 heterocycles. The molecule has 2 N–H and O–H groups in total. The maximum atomic E-state index is 12.1. The largest absolute Gasteiger partial charge is 0.573 e. The zero-order valence-corrected chi connectivity index (χ0v) is 10.8. The van der Waals surface area contributed by atoms with Crippen LogP contribution < -0.4 is 10.5 Å². The normalized spacial score (nSPS) is 11.2. The summed E-state index contributed by atoms with van der Waals surface area (Å²) in [5, 5.41) is 0. The molecule has 8 heteroatoms. The van der Waals surface area contributed by atoms with Gasteiger partial charge in [-0.1, -0.05) is 0 Å². The number of hydrogen-bond acceptors (Lipinski definition) is 4. The summed E-state index contributed by atoms with van der Waals surface area (Å²) in [4.78, 5) is 11.5. The number of ether oxygens (including phenoxy) is 2. The molecule has 18 heavy (non-hydrogen) atoms. The molecule has 0 aromatic heterocycles. The molecule has 0 aliphatic carbocycles. The average molecular weight is 328 g/mol. The first-order valence-electron chi connectivity index (χ1n) is 4.76. The molecule has 1 aromatic rings. The summed E-state index contributed by atoms with van der Waals surface area (Å²) in [5.41, 5.74) is 5.36. The fourth-order valence-corrected chi connectivity index (χ4v) is 1.60. The molecule has 100 valence electrons. The van der Waals surface area contributed by atoms with Gasteiger partial charge in [-0.05, 0) is 35.0 Å². The smallest absolute Gasteiger partial charge is 0.462 e. The van der Waals surface area contributed by atoms with Gasteiger partial charge in [0.05, 0.1) is 17.9 Å². The highest BCUT2D eigenvalue weighted by Crippen LogP contribution is 2.32. The van der Waals surface area contributed by atoms with Crippen molar-refractivity contribution in [3.8, 4) is 5.75 Å². The van der Waals surface area contributed by atoms with E-state index in [1.54, 1.807) is 6.92 Å². The fraction of sp³-hybridized carbons (Fsp3) is 0.300. The first-order valence-corrected chi connectivity index (χ1v) is 5.55. The van der Waals surface area contributed by atoms with Crippen LogP contribution in [0, 0.1) is 0 Å². The van der Waals surface area contributed by atoms with Crippen LogP contribution in [-0.2, 0) is 4.74 Å². The van der Waals surface area contributed by atoms with Crippen LogP contribution in [0.25, 0.3) is 0 Å². The Labute approximate surface area is 109 Å². The number of anilines is 1. The summed E-state index contributed by atoms with van der Waals surface area (Å²) in [6, 6.07) is 1.90. The van der Waals surface area contributed by atoms with Crippen molar-refractivity contribution in [3.05, 3.63) is 22.2 Å². The monoisotopic (exact) mass is 327 g/mol. The van der Waals surface area contributed by atoms with Gasteiger partial charge in [-0.25, -0.2) is 4.79 Å². The topological polar surface area (TPSA) is 61.5 Å². The molecule has 0 aliphatic rings. The maximum Gasteiger partial charge on any atom is 0.573 e. The molecule has 0 saturated heterocycles. The van der Waals surface area contributed by atoms with E-state index in [1.807, 2.05) is 0 Å². The summed E-state index contributed by atoms with van der Waals surface area (Å²) in [7, 11) is 0. The number of carbonyl (C=O) groups is 1. The lowest BCUT2D eigenvalue weighted by Crippen LogP contribution is -2.18. The van der Waals surface area contributed by atoms with E-state index < -0.39 is 18.1 Å². The summed E-state index contributed by atoms with van der Waals surface area (Å²) in [6.45, 7) is 1.65. The Kier molecular flexibility index (Phi) is 4.44. The Morgan fingerprint density at radius 3 is 2.56 bits per heavy atom. The first-order chi connectivity index (χ1) is 8.24. The maximum absolute atomic E-state index is 12.1. The van der Waals surface area contributed by atoms with E-state index in [0.29, 0.717) is 0 Å². The van der Waals surface area contributed by atoms with Crippen molar-refractivity contribution in [2.24, 2.45) is 0 Å². The van der Waals surface area contributed by atoms with Gasteiger partial charge in [-0.3, -0.25) is 0 Å². The van der Waals surface area contributed by atoms with E-state index in [-0.39, 0.29) is 22.3 Å². The third kappa shape index (κ3) is 3.80. The molecule has 0 aliphatic heterocycles. The van der Waals surface area contributed by atoms with E-state index in [0.717, 1.165) is 12.1 Å². The molecule has 1 aromatic carbocycles. The van der Waals surface area contributed by atoms with E-state index in [9.17, 15) is 18.0 Å². The summed E-state index contributed by atoms with van der Waals surface area (Å²) in [5.74, 6) is -1.37. The van der Waals surface area contributed by atoms with Crippen LogP contribution in [0.1, 0.15) is 17.3 Å². The standard InChI is InChI=1S/C10H9BrF3NO3/c1-2-17-9(16)6-3-5(18-10(12,13)14)4-7(11)8(6)15/h3-4H,2,15H2,1H3. The van der Waals surface area contributed by atoms with Crippen LogP contribution >= 0.6 is 15.9 Å². The molecule has 1 rings (SSSR count). The van der Waals surface area contributed by atoms with Gasteiger partial charge >= 0.3 is 12.3 Å². The van der Waals surface area contributed by atoms with Crippen LogP contribution in [0.4, 0.5) is 18.9 Å². The van der Waals surface area contributed by atoms with Gasteiger partial charge in [0.25, 0.3) is 0 Å². The van der Waals surface area contributed by atoms with Crippen LogP contribution in [-0.4, -0.2) is 18.9 Å². The highest BCUT2D eigenvalue weighted by atomic mass is 79.9. The Bertz CT molecular complexity index is 462. The van der Waals surface area contributed by atoms with E-state index in [4.69, 9.17) is 5.73 Å². The Morgan fingerprint density at radius 1 is 1.44 bits per heavy atom. The van der Waals surface area contributed by atoms with Crippen molar-refractivity contribution in [2.75, 3.05) is 12.3 Å². The lowest BCUT2D eigenvalue weighted by molar-refractivity contribution is -0.274. The number of hydrogen-bond donors (Lipinski definition) is 1. The second kappa shape index (κ2) is 5.47. The number of carbonyl (C=O) groups excluding carboxylic acids is 1. The SMILES string of the molecule is CCOC(=O)c1cc(OC(F)(F)F)cc(Br)c1N. The third-order valence-corrected chi connectivity index (χ3v) is 2.49. The molecular formula is C10H9BrF3NO3. The molecule has 0 bridgehead atoms. The quantitative estimate of drug-likeness (QED) is 0.684. The molecular weight excluding hydrogens is 319 g/mol. The van der Waals surface area contributed by atoms with E-state index in [2.05, 4.69) is 25.4 Å².